The topological polar surface area (TPSA) is 49.3 Å². The molecule has 1 aromatic carbocycles. The zero-order chi connectivity index (χ0) is 12.8. The van der Waals surface area contributed by atoms with E-state index in [4.69, 9.17) is 28.3 Å². The van der Waals surface area contributed by atoms with Crippen LogP contribution in [0, 0.1) is 5.82 Å². The molecule has 0 fully saturated rings. The van der Waals surface area contributed by atoms with E-state index in [0.717, 1.165) is 6.07 Å². The van der Waals surface area contributed by atoms with E-state index in [-0.39, 0.29) is 22.2 Å². The number of rotatable bonds is 5. The summed E-state index contributed by atoms with van der Waals surface area (Å²) in [5.74, 6) is -1.14. The first-order valence-corrected chi connectivity index (χ1v) is 5.85. The first-order chi connectivity index (χ1) is 8.06. The van der Waals surface area contributed by atoms with E-state index in [1.165, 1.54) is 6.07 Å². The smallest absolute Gasteiger partial charge is 0.252 e. The lowest BCUT2D eigenvalue weighted by atomic mass is 10.2. The number of aliphatic hydroxyl groups is 1. The van der Waals surface area contributed by atoms with Crippen molar-refractivity contribution in [2.24, 2.45) is 0 Å². The first kappa shape index (κ1) is 14.2. The van der Waals surface area contributed by atoms with Gasteiger partial charge in [0.2, 0.25) is 0 Å². The van der Waals surface area contributed by atoms with Crippen molar-refractivity contribution in [3.05, 3.63) is 33.6 Å². The molecule has 0 aliphatic heterocycles. The molecule has 0 heterocycles. The molecule has 1 rings (SSSR count). The van der Waals surface area contributed by atoms with Crippen LogP contribution in [0.25, 0.3) is 0 Å². The highest BCUT2D eigenvalue weighted by molar-refractivity contribution is 6.36. The van der Waals surface area contributed by atoms with Crippen LogP contribution in [-0.2, 0) is 0 Å². The summed E-state index contributed by atoms with van der Waals surface area (Å²) in [6.07, 6.45) is 1.25. The molecular weight excluding hydrogens is 268 g/mol. The number of carbonyl (C=O) groups excluding carboxylic acids is 1. The van der Waals surface area contributed by atoms with Crippen LogP contribution in [0.1, 0.15) is 23.2 Å². The second kappa shape index (κ2) is 6.79. The Morgan fingerprint density at radius 3 is 2.65 bits per heavy atom. The maximum absolute atomic E-state index is 13.2. The quantitative estimate of drug-likeness (QED) is 0.643. The molecule has 1 aromatic rings. The van der Waals surface area contributed by atoms with Gasteiger partial charge in [-0.2, -0.15) is 0 Å². The number of amides is 1. The highest BCUT2D eigenvalue weighted by Crippen LogP contribution is 2.24. The van der Waals surface area contributed by atoms with Crippen molar-refractivity contribution in [1.82, 2.24) is 5.32 Å². The summed E-state index contributed by atoms with van der Waals surface area (Å²) in [6.45, 7) is 0.478. The Kier molecular flexibility index (Phi) is 5.68. The lowest BCUT2D eigenvalue weighted by Crippen LogP contribution is -2.25. The average Bonchev–Trinajstić information content (AvgIpc) is 2.29. The Balaban J connectivity index is 2.66. The molecule has 0 saturated carbocycles. The third-order valence-corrected chi connectivity index (χ3v) is 2.73. The number of hydrogen-bond donors (Lipinski definition) is 2. The highest BCUT2D eigenvalue weighted by Gasteiger charge is 2.13. The number of aliphatic hydroxyl groups excluding tert-OH is 1. The van der Waals surface area contributed by atoms with Gasteiger partial charge in [0, 0.05) is 13.2 Å². The minimum atomic E-state index is -0.684. The van der Waals surface area contributed by atoms with Crippen molar-refractivity contribution >= 4 is 29.1 Å². The molecule has 1 amide bonds. The number of benzene rings is 1. The van der Waals surface area contributed by atoms with E-state index < -0.39 is 11.7 Å². The predicted molar refractivity (Wildman–Crippen MR) is 65.1 cm³/mol. The fourth-order valence-electron chi connectivity index (χ4n) is 1.23. The molecule has 0 aliphatic rings. The molecule has 0 bridgehead atoms. The van der Waals surface area contributed by atoms with Gasteiger partial charge in [0.25, 0.3) is 5.91 Å². The van der Waals surface area contributed by atoms with E-state index in [1.54, 1.807) is 0 Å². The van der Waals surface area contributed by atoms with E-state index in [1.807, 2.05) is 0 Å². The summed E-state index contributed by atoms with van der Waals surface area (Å²) >= 11 is 11.3. The van der Waals surface area contributed by atoms with Gasteiger partial charge in [0.15, 0.2) is 0 Å². The SMILES string of the molecule is O=C(NCCCCO)c1cc(F)c(Cl)cc1Cl. The fraction of sp³-hybridized carbons (Fsp3) is 0.364. The maximum Gasteiger partial charge on any atom is 0.252 e. The van der Waals surface area contributed by atoms with Gasteiger partial charge in [-0.15, -0.1) is 0 Å². The lowest BCUT2D eigenvalue weighted by Gasteiger charge is -2.07. The van der Waals surface area contributed by atoms with Crippen molar-refractivity contribution in [1.29, 1.82) is 0 Å². The number of nitrogens with one attached hydrogen (secondary N) is 1. The van der Waals surface area contributed by atoms with Gasteiger partial charge in [0.1, 0.15) is 5.82 Å². The third kappa shape index (κ3) is 4.15. The van der Waals surface area contributed by atoms with E-state index in [0.29, 0.717) is 19.4 Å². The van der Waals surface area contributed by atoms with Crippen molar-refractivity contribution in [3.8, 4) is 0 Å². The van der Waals surface area contributed by atoms with Gasteiger partial charge in [-0.05, 0) is 25.0 Å². The molecule has 6 heteroatoms. The number of halogens is 3. The summed E-state index contributed by atoms with van der Waals surface area (Å²) in [6, 6.07) is 2.20. The molecular formula is C11H12Cl2FNO2. The number of unbranched alkanes of at least 4 members (excludes halogenated alkanes) is 1. The van der Waals surface area contributed by atoms with Crippen LogP contribution in [0.3, 0.4) is 0 Å². The molecule has 94 valence electrons. The van der Waals surface area contributed by atoms with Crippen LogP contribution in [0.15, 0.2) is 12.1 Å². The summed E-state index contributed by atoms with van der Waals surface area (Å²) in [5, 5.41) is 11.1. The van der Waals surface area contributed by atoms with Gasteiger partial charge < -0.3 is 10.4 Å². The van der Waals surface area contributed by atoms with E-state index in [2.05, 4.69) is 5.32 Å². The minimum Gasteiger partial charge on any atom is -0.396 e. The highest BCUT2D eigenvalue weighted by atomic mass is 35.5. The molecule has 0 saturated heterocycles. The zero-order valence-electron chi connectivity index (χ0n) is 8.97. The molecule has 0 radical (unpaired) electrons. The van der Waals surface area contributed by atoms with Crippen molar-refractivity contribution in [3.63, 3.8) is 0 Å². The van der Waals surface area contributed by atoms with E-state index in [9.17, 15) is 9.18 Å². The van der Waals surface area contributed by atoms with Crippen LogP contribution in [0.4, 0.5) is 4.39 Å². The van der Waals surface area contributed by atoms with Gasteiger partial charge in [0.05, 0.1) is 15.6 Å². The van der Waals surface area contributed by atoms with Crippen LogP contribution in [0.5, 0.6) is 0 Å². The molecule has 0 spiro atoms. The van der Waals surface area contributed by atoms with Crippen LogP contribution >= 0.6 is 23.2 Å². The Hall–Kier alpha value is -0.840. The fourth-order valence-corrected chi connectivity index (χ4v) is 1.70. The molecule has 0 aromatic heterocycles. The Morgan fingerprint density at radius 1 is 1.29 bits per heavy atom. The molecule has 0 aliphatic carbocycles. The van der Waals surface area contributed by atoms with E-state index >= 15 is 0 Å². The Bertz CT molecular complexity index is 413. The predicted octanol–water partition coefficient (Wildman–Crippen LogP) is 2.63. The average molecular weight is 280 g/mol. The molecule has 2 N–H and O–H groups in total. The largest absolute Gasteiger partial charge is 0.396 e. The zero-order valence-corrected chi connectivity index (χ0v) is 10.5. The second-order valence-corrected chi connectivity index (χ2v) is 4.25. The molecule has 0 unspecified atom stereocenters. The Morgan fingerprint density at radius 2 is 2.00 bits per heavy atom. The van der Waals surface area contributed by atoms with Gasteiger partial charge in [-0.25, -0.2) is 4.39 Å². The van der Waals surface area contributed by atoms with Crippen LogP contribution in [-0.4, -0.2) is 24.2 Å². The second-order valence-electron chi connectivity index (χ2n) is 3.43. The molecule has 17 heavy (non-hydrogen) atoms. The van der Waals surface area contributed by atoms with Gasteiger partial charge in [-0.3, -0.25) is 4.79 Å². The summed E-state index contributed by atoms with van der Waals surface area (Å²) < 4.78 is 13.2. The van der Waals surface area contributed by atoms with Gasteiger partial charge >= 0.3 is 0 Å². The molecule has 3 nitrogen and oxygen atoms in total. The standard InChI is InChI=1S/C11H12Cl2FNO2/c12-8-6-9(13)10(14)5-7(8)11(17)15-3-1-2-4-16/h5-6,16H,1-4H2,(H,15,17). The first-order valence-electron chi connectivity index (χ1n) is 5.10. The number of carbonyl (C=O) groups is 1. The maximum atomic E-state index is 13.2. The van der Waals surface area contributed by atoms with Crippen molar-refractivity contribution in [2.75, 3.05) is 13.2 Å². The minimum absolute atomic E-state index is 0.0533. The number of hydrogen-bond acceptors (Lipinski definition) is 2. The summed E-state index contributed by atoms with van der Waals surface area (Å²) in [4.78, 5) is 11.6. The molecule has 0 atom stereocenters. The normalized spacial score (nSPS) is 10.4. The lowest BCUT2D eigenvalue weighted by molar-refractivity contribution is 0.0952. The summed E-state index contributed by atoms with van der Waals surface area (Å²) in [5.41, 5.74) is 0.0533. The van der Waals surface area contributed by atoms with Crippen LogP contribution in [0.2, 0.25) is 10.0 Å². The van der Waals surface area contributed by atoms with Crippen LogP contribution < -0.4 is 5.32 Å². The monoisotopic (exact) mass is 279 g/mol. The van der Waals surface area contributed by atoms with Crippen molar-refractivity contribution in [2.45, 2.75) is 12.8 Å². The Labute approximate surface area is 109 Å². The summed E-state index contributed by atoms with van der Waals surface area (Å²) in [7, 11) is 0. The third-order valence-electron chi connectivity index (χ3n) is 2.13. The van der Waals surface area contributed by atoms with Gasteiger partial charge in [-0.1, -0.05) is 23.2 Å². The van der Waals surface area contributed by atoms with Crippen molar-refractivity contribution < 1.29 is 14.3 Å².